The number of hydrogen-bond acceptors (Lipinski definition) is 10. The molecule has 0 unspecified atom stereocenters. The van der Waals surface area contributed by atoms with Crippen molar-refractivity contribution < 1.29 is 46.6 Å². The van der Waals surface area contributed by atoms with Gasteiger partial charge in [0.05, 0.1) is 31.1 Å². The van der Waals surface area contributed by atoms with E-state index in [1.807, 2.05) is 4.72 Å². The fraction of sp³-hybridized carbons (Fsp3) is 0.458. The minimum absolute atomic E-state index is 0.0855. The number of rotatable bonds is 12. The Morgan fingerprint density at radius 3 is 2.22 bits per heavy atom. The van der Waals surface area contributed by atoms with Crippen LogP contribution in [0.4, 0.5) is 0 Å². The average molecular weight is 539 g/mol. The molecule has 1 aliphatic heterocycles. The van der Waals surface area contributed by atoms with E-state index in [0.717, 1.165) is 23.1 Å². The predicted octanol–water partition coefficient (Wildman–Crippen LogP) is 1.34. The second-order valence-electron chi connectivity index (χ2n) is 8.90. The van der Waals surface area contributed by atoms with Crippen LogP contribution in [0.3, 0.4) is 0 Å². The zero-order valence-electron chi connectivity index (χ0n) is 21.1. The van der Waals surface area contributed by atoms with Crippen LogP contribution in [-0.2, 0) is 38.7 Å². The van der Waals surface area contributed by atoms with Crippen LogP contribution in [0, 0.1) is 5.41 Å². The SMILES string of the molecule is CCOc1ccc(S(=O)(=O)NC(=O)C(C)(C)C)cc1C(=O)OCCCOC(=O)CCN1C(=O)C=CC1=O. The molecule has 0 fully saturated rings. The van der Waals surface area contributed by atoms with Gasteiger partial charge in [0.1, 0.15) is 11.3 Å². The molecule has 0 spiro atoms. The number of nitrogens with one attached hydrogen (secondary N) is 1. The molecule has 1 aliphatic rings. The molecule has 0 atom stereocenters. The van der Waals surface area contributed by atoms with Crippen molar-refractivity contribution >= 4 is 39.7 Å². The number of amides is 3. The summed E-state index contributed by atoms with van der Waals surface area (Å²) in [5.41, 5.74) is -1.11. The van der Waals surface area contributed by atoms with Gasteiger partial charge >= 0.3 is 11.9 Å². The molecule has 37 heavy (non-hydrogen) atoms. The highest BCUT2D eigenvalue weighted by Gasteiger charge is 2.28. The first kappa shape index (κ1) is 29.5. The molecule has 0 aliphatic carbocycles. The lowest BCUT2D eigenvalue weighted by Crippen LogP contribution is -2.38. The zero-order valence-corrected chi connectivity index (χ0v) is 21.9. The molecule has 1 heterocycles. The Balaban J connectivity index is 1.91. The number of nitrogens with zero attached hydrogens (tertiary/aromatic N) is 1. The van der Waals surface area contributed by atoms with E-state index in [4.69, 9.17) is 14.2 Å². The Labute approximate surface area is 215 Å². The van der Waals surface area contributed by atoms with Gasteiger partial charge in [-0.25, -0.2) is 17.9 Å². The summed E-state index contributed by atoms with van der Waals surface area (Å²) in [6.45, 7) is 6.22. The molecule has 2 rings (SSSR count). The molecule has 0 bridgehead atoms. The van der Waals surface area contributed by atoms with Crippen LogP contribution in [0.1, 0.15) is 50.9 Å². The minimum atomic E-state index is -4.26. The zero-order chi connectivity index (χ0) is 27.8. The summed E-state index contributed by atoms with van der Waals surface area (Å²) in [5.74, 6) is -3.11. The topological polar surface area (TPSA) is 162 Å². The first-order valence-electron chi connectivity index (χ1n) is 11.5. The van der Waals surface area contributed by atoms with Gasteiger partial charge in [-0.2, -0.15) is 0 Å². The summed E-state index contributed by atoms with van der Waals surface area (Å²) in [4.78, 5) is 60.1. The molecule has 0 saturated heterocycles. The lowest BCUT2D eigenvalue weighted by molar-refractivity contribution is -0.145. The first-order chi connectivity index (χ1) is 17.3. The Hall–Kier alpha value is -3.74. The van der Waals surface area contributed by atoms with Gasteiger partial charge in [0.2, 0.25) is 5.91 Å². The van der Waals surface area contributed by atoms with Gasteiger partial charge in [0.15, 0.2) is 0 Å². The Morgan fingerprint density at radius 2 is 1.62 bits per heavy atom. The lowest BCUT2D eigenvalue weighted by Gasteiger charge is -2.18. The van der Waals surface area contributed by atoms with Crippen LogP contribution in [0.5, 0.6) is 5.75 Å². The number of carbonyl (C=O) groups excluding carboxylic acids is 5. The molecule has 13 heteroatoms. The van der Waals surface area contributed by atoms with E-state index in [1.54, 1.807) is 27.7 Å². The maximum Gasteiger partial charge on any atom is 0.341 e. The lowest BCUT2D eigenvalue weighted by atomic mass is 9.96. The van der Waals surface area contributed by atoms with Crippen LogP contribution in [0.2, 0.25) is 0 Å². The van der Waals surface area contributed by atoms with Crippen molar-refractivity contribution in [2.24, 2.45) is 5.41 Å². The standard InChI is InChI=1S/C24H30N2O10S/c1-5-34-18-8-7-16(37(32,33)25-23(31)24(2,3)4)15-17(18)22(30)36-14-6-13-35-21(29)11-12-26-19(27)9-10-20(26)28/h7-10,15H,5-6,11-14H2,1-4H3,(H,25,31). The van der Waals surface area contributed by atoms with Gasteiger partial charge in [0, 0.05) is 30.5 Å². The fourth-order valence-electron chi connectivity index (χ4n) is 2.87. The number of hydrogen-bond donors (Lipinski definition) is 1. The molecule has 0 aromatic heterocycles. The van der Waals surface area contributed by atoms with E-state index < -0.39 is 45.1 Å². The van der Waals surface area contributed by atoms with Crippen molar-refractivity contribution in [3.8, 4) is 5.75 Å². The van der Waals surface area contributed by atoms with Gasteiger partial charge in [-0.05, 0) is 25.1 Å². The van der Waals surface area contributed by atoms with Crippen LogP contribution < -0.4 is 9.46 Å². The smallest absolute Gasteiger partial charge is 0.341 e. The number of imide groups is 1. The maximum absolute atomic E-state index is 12.7. The highest BCUT2D eigenvalue weighted by Crippen LogP contribution is 2.25. The van der Waals surface area contributed by atoms with Crippen molar-refractivity contribution in [2.75, 3.05) is 26.4 Å². The van der Waals surface area contributed by atoms with Crippen molar-refractivity contribution in [1.29, 1.82) is 0 Å². The van der Waals surface area contributed by atoms with Gasteiger partial charge < -0.3 is 14.2 Å². The number of sulfonamides is 1. The van der Waals surface area contributed by atoms with Crippen LogP contribution >= 0.6 is 0 Å². The summed E-state index contributed by atoms with van der Waals surface area (Å²) in [5, 5.41) is 0. The summed E-state index contributed by atoms with van der Waals surface area (Å²) >= 11 is 0. The molecule has 0 radical (unpaired) electrons. The molecule has 1 N–H and O–H groups in total. The van der Waals surface area contributed by atoms with Crippen molar-refractivity contribution in [1.82, 2.24) is 9.62 Å². The summed E-state index contributed by atoms with van der Waals surface area (Å²) in [7, 11) is -4.26. The van der Waals surface area contributed by atoms with E-state index in [1.165, 1.54) is 12.1 Å². The quantitative estimate of drug-likeness (QED) is 0.233. The van der Waals surface area contributed by atoms with Crippen LogP contribution in [-0.4, -0.2) is 69.3 Å². The largest absolute Gasteiger partial charge is 0.493 e. The Bertz CT molecular complexity index is 1180. The number of carbonyl (C=O) groups is 5. The number of benzene rings is 1. The maximum atomic E-state index is 12.7. The Kier molecular flexibility index (Phi) is 9.95. The summed E-state index contributed by atoms with van der Waals surface area (Å²) < 4.78 is 42.9. The van der Waals surface area contributed by atoms with E-state index in [2.05, 4.69) is 0 Å². The second-order valence-corrected chi connectivity index (χ2v) is 10.6. The van der Waals surface area contributed by atoms with Gasteiger partial charge in [-0.15, -0.1) is 0 Å². The number of esters is 2. The third kappa shape index (κ3) is 8.41. The summed E-state index contributed by atoms with van der Waals surface area (Å²) in [6, 6.07) is 3.56. The molecule has 202 valence electrons. The summed E-state index contributed by atoms with van der Waals surface area (Å²) in [6.07, 6.45) is 2.20. The fourth-order valence-corrected chi connectivity index (χ4v) is 4.05. The second kappa shape index (κ2) is 12.5. The monoisotopic (exact) mass is 538 g/mol. The molecular weight excluding hydrogens is 508 g/mol. The van der Waals surface area contributed by atoms with Crippen LogP contribution in [0.25, 0.3) is 0 Å². The van der Waals surface area contributed by atoms with Crippen molar-refractivity contribution in [3.63, 3.8) is 0 Å². The van der Waals surface area contributed by atoms with Crippen LogP contribution in [0.15, 0.2) is 35.2 Å². The molecular formula is C24H30N2O10S. The third-order valence-electron chi connectivity index (χ3n) is 4.91. The molecule has 0 saturated carbocycles. The minimum Gasteiger partial charge on any atom is -0.493 e. The van der Waals surface area contributed by atoms with Crippen molar-refractivity contribution in [3.05, 3.63) is 35.9 Å². The van der Waals surface area contributed by atoms with Gasteiger partial charge in [-0.1, -0.05) is 20.8 Å². The number of ether oxygens (including phenoxy) is 3. The first-order valence-corrected chi connectivity index (χ1v) is 12.9. The highest BCUT2D eigenvalue weighted by molar-refractivity contribution is 7.90. The highest BCUT2D eigenvalue weighted by atomic mass is 32.2. The van der Waals surface area contributed by atoms with Crippen molar-refractivity contribution in [2.45, 2.75) is 45.4 Å². The average Bonchev–Trinajstić information content (AvgIpc) is 3.13. The Morgan fingerprint density at radius 1 is 1.00 bits per heavy atom. The molecule has 3 amide bonds. The molecule has 1 aromatic rings. The molecule has 12 nitrogen and oxygen atoms in total. The predicted molar refractivity (Wildman–Crippen MR) is 129 cm³/mol. The molecule has 1 aromatic carbocycles. The third-order valence-corrected chi connectivity index (χ3v) is 6.24. The van der Waals surface area contributed by atoms with E-state index in [9.17, 15) is 32.4 Å². The van der Waals surface area contributed by atoms with E-state index >= 15 is 0 Å². The van der Waals surface area contributed by atoms with Gasteiger partial charge in [0.25, 0.3) is 21.8 Å². The normalized spacial score (nSPS) is 13.5. The van der Waals surface area contributed by atoms with E-state index in [0.29, 0.717) is 0 Å². The van der Waals surface area contributed by atoms with Gasteiger partial charge in [-0.3, -0.25) is 24.1 Å². The van der Waals surface area contributed by atoms with E-state index in [-0.39, 0.29) is 55.4 Å².